The van der Waals surface area contributed by atoms with Gasteiger partial charge in [-0.05, 0) is 12.1 Å². The molecule has 0 aromatic heterocycles. The van der Waals surface area contributed by atoms with Gasteiger partial charge >= 0.3 is 0 Å². The van der Waals surface area contributed by atoms with Crippen LogP contribution < -0.4 is 10.5 Å². The Hall–Kier alpha value is -1.69. The summed E-state index contributed by atoms with van der Waals surface area (Å²) in [7, 11) is 0. The fourth-order valence-electron chi connectivity index (χ4n) is 0.962. The van der Waals surface area contributed by atoms with E-state index in [9.17, 15) is 10.0 Å². The van der Waals surface area contributed by atoms with Crippen LogP contribution in [0.4, 0.5) is 11.4 Å². The Morgan fingerprint density at radius 2 is 2.21 bits per heavy atom. The first-order valence-electron chi connectivity index (χ1n) is 3.91. The molecule has 1 rings (SSSR count). The number of rotatable bonds is 3. The summed E-state index contributed by atoms with van der Waals surface area (Å²) in [4.78, 5) is 10.9. The Balaban J connectivity index is 2.95. The van der Waals surface area contributed by atoms with E-state index >= 15 is 0 Å². The monoisotopic (exact) mass is 194 g/mol. The highest BCUT2D eigenvalue weighted by atomic mass is 16.8. The number of para-hydroxylation sites is 2. The minimum Gasteiger partial charge on any atom is -0.595 e. The average molecular weight is 194 g/mol. The molecule has 0 radical (unpaired) electrons. The second-order valence-corrected chi connectivity index (χ2v) is 2.54. The van der Waals surface area contributed by atoms with Crippen LogP contribution in [-0.4, -0.2) is 11.1 Å². The van der Waals surface area contributed by atoms with Crippen LogP contribution in [0, 0.1) is 5.21 Å². The molecule has 5 heteroatoms. The van der Waals surface area contributed by atoms with E-state index in [0.717, 1.165) is 6.08 Å². The topological polar surface area (TPSA) is 76.8 Å². The molecule has 0 saturated heterocycles. The van der Waals surface area contributed by atoms with Crippen LogP contribution >= 0.6 is 0 Å². The molecule has 14 heavy (non-hydrogen) atoms. The predicted octanol–water partition coefficient (Wildman–Crippen LogP) is 0.214. The zero-order valence-corrected chi connectivity index (χ0v) is 7.36. The first kappa shape index (κ1) is 10.4. The highest BCUT2D eigenvalue weighted by molar-refractivity contribution is 6.00. The second kappa shape index (κ2) is 4.52. The minimum absolute atomic E-state index is 0.0581. The molecule has 0 bridgehead atoms. The van der Waals surface area contributed by atoms with Crippen molar-refractivity contribution < 1.29 is 15.2 Å². The fraction of sp³-hybridized carbons (Fsp3) is 0. The van der Waals surface area contributed by atoms with Gasteiger partial charge in [0.1, 0.15) is 5.69 Å². The lowest BCUT2D eigenvalue weighted by molar-refractivity contribution is -0.990. The van der Waals surface area contributed by atoms with Crippen molar-refractivity contribution in [3.05, 3.63) is 42.1 Å². The molecule has 1 aromatic carbocycles. The van der Waals surface area contributed by atoms with E-state index in [-0.39, 0.29) is 11.4 Å². The van der Waals surface area contributed by atoms with E-state index in [4.69, 9.17) is 5.21 Å². The van der Waals surface area contributed by atoms with Crippen molar-refractivity contribution in [3.8, 4) is 0 Å². The summed E-state index contributed by atoms with van der Waals surface area (Å²) in [5.41, 5.74) is 0.326. The smallest absolute Gasteiger partial charge is 0.247 e. The van der Waals surface area contributed by atoms with E-state index in [1.54, 1.807) is 12.1 Å². The number of anilines is 1. The molecule has 1 unspecified atom stereocenters. The van der Waals surface area contributed by atoms with Gasteiger partial charge in [0.15, 0.2) is 5.69 Å². The second-order valence-electron chi connectivity index (χ2n) is 2.54. The molecule has 0 saturated carbocycles. The van der Waals surface area contributed by atoms with Gasteiger partial charge in [0, 0.05) is 6.07 Å². The summed E-state index contributed by atoms with van der Waals surface area (Å²) < 4.78 is 0. The van der Waals surface area contributed by atoms with Crippen LogP contribution in [0.1, 0.15) is 0 Å². The first-order chi connectivity index (χ1) is 6.65. The van der Waals surface area contributed by atoms with E-state index in [1.165, 1.54) is 12.1 Å². The molecule has 0 spiro atoms. The number of hydrogen-bond acceptors (Lipinski definition) is 3. The normalized spacial score (nSPS) is 11.9. The summed E-state index contributed by atoms with van der Waals surface area (Å²) in [5, 5.41) is 20.8. The number of benzene rings is 1. The third kappa shape index (κ3) is 2.40. The molecule has 0 heterocycles. The van der Waals surface area contributed by atoms with Gasteiger partial charge in [-0.15, -0.1) is 0 Å². The van der Waals surface area contributed by atoms with Crippen LogP contribution in [0.3, 0.4) is 0 Å². The van der Waals surface area contributed by atoms with Gasteiger partial charge in [-0.2, -0.15) is 5.23 Å². The van der Waals surface area contributed by atoms with Crippen molar-refractivity contribution in [1.29, 1.82) is 0 Å². The van der Waals surface area contributed by atoms with Gasteiger partial charge in [0.2, 0.25) is 5.91 Å². The van der Waals surface area contributed by atoms with Crippen LogP contribution in [0.15, 0.2) is 36.9 Å². The predicted molar refractivity (Wildman–Crippen MR) is 51.0 cm³/mol. The number of carbonyl (C=O) groups excluding carboxylic acids is 1. The molecule has 1 atom stereocenters. The van der Waals surface area contributed by atoms with Crippen molar-refractivity contribution in [2.45, 2.75) is 0 Å². The Morgan fingerprint density at radius 3 is 2.79 bits per heavy atom. The van der Waals surface area contributed by atoms with Crippen molar-refractivity contribution in [3.63, 3.8) is 0 Å². The standard InChI is InChI=1S/C9H10N2O3/c1-2-9(12)10-7-5-3-4-6-8(7)11(13)14/h2-6,11,13H,1H2,(H,10,12). The Labute approximate surface area is 80.8 Å². The maximum atomic E-state index is 10.9. The molecule has 1 aromatic rings. The van der Waals surface area contributed by atoms with Gasteiger partial charge in [-0.25, -0.2) is 5.21 Å². The third-order valence-electron chi connectivity index (χ3n) is 1.60. The molecule has 74 valence electrons. The molecule has 5 nitrogen and oxygen atoms in total. The highest BCUT2D eigenvalue weighted by Crippen LogP contribution is 2.16. The number of amides is 1. The van der Waals surface area contributed by atoms with Gasteiger partial charge in [0.05, 0.1) is 0 Å². The summed E-state index contributed by atoms with van der Waals surface area (Å²) in [6.07, 6.45) is 1.08. The fourth-order valence-corrected chi connectivity index (χ4v) is 0.962. The van der Waals surface area contributed by atoms with Crippen molar-refractivity contribution in [1.82, 2.24) is 0 Å². The maximum Gasteiger partial charge on any atom is 0.247 e. The van der Waals surface area contributed by atoms with E-state index in [1.807, 2.05) is 0 Å². The summed E-state index contributed by atoms with van der Waals surface area (Å²) in [6, 6.07) is 6.17. The quantitative estimate of drug-likeness (QED) is 0.475. The molecule has 0 aliphatic rings. The SMILES string of the molecule is C=CC(=O)Nc1ccccc1[NH+]([O-])O. The van der Waals surface area contributed by atoms with Crippen molar-refractivity contribution in [2.75, 3.05) is 5.32 Å². The number of carbonyl (C=O) groups is 1. The lowest BCUT2D eigenvalue weighted by Crippen LogP contribution is -2.99. The van der Waals surface area contributed by atoms with Crippen LogP contribution in [0.2, 0.25) is 0 Å². The summed E-state index contributed by atoms with van der Waals surface area (Å²) >= 11 is 0. The van der Waals surface area contributed by atoms with Crippen LogP contribution in [-0.2, 0) is 4.79 Å². The first-order valence-corrected chi connectivity index (χ1v) is 3.91. The number of quaternary nitrogens is 1. The van der Waals surface area contributed by atoms with E-state index in [0.29, 0.717) is 0 Å². The van der Waals surface area contributed by atoms with Gasteiger partial charge in [-0.1, -0.05) is 18.7 Å². The van der Waals surface area contributed by atoms with E-state index < -0.39 is 11.1 Å². The van der Waals surface area contributed by atoms with Gasteiger partial charge in [0.25, 0.3) is 0 Å². The molecule has 1 amide bonds. The Morgan fingerprint density at radius 1 is 1.57 bits per heavy atom. The number of nitrogens with one attached hydrogen (secondary N) is 2. The molecule has 0 aliphatic heterocycles. The third-order valence-corrected chi connectivity index (χ3v) is 1.60. The molecular weight excluding hydrogens is 184 g/mol. The zero-order valence-electron chi connectivity index (χ0n) is 7.36. The maximum absolute atomic E-state index is 10.9. The Kier molecular flexibility index (Phi) is 3.35. The van der Waals surface area contributed by atoms with Gasteiger partial charge in [-0.3, -0.25) is 4.79 Å². The van der Waals surface area contributed by atoms with Crippen LogP contribution in [0.25, 0.3) is 0 Å². The average Bonchev–Trinajstić information content (AvgIpc) is 2.18. The van der Waals surface area contributed by atoms with Gasteiger partial charge < -0.3 is 10.5 Å². The van der Waals surface area contributed by atoms with Crippen molar-refractivity contribution in [2.24, 2.45) is 0 Å². The lowest BCUT2D eigenvalue weighted by atomic mass is 10.2. The Bertz CT molecular complexity index is 350. The zero-order chi connectivity index (χ0) is 10.6. The summed E-state index contributed by atoms with van der Waals surface area (Å²) in [5.74, 6) is -0.432. The largest absolute Gasteiger partial charge is 0.595 e. The molecule has 0 fully saturated rings. The van der Waals surface area contributed by atoms with Crippen LogP contribution in [0.5, 0.6) is 0 Å². The molecule has 3 N–H and O–H groups in total. The molecular formula is C9H10N2O3. The highest BCUT2D eigenvalue weighted by Gasteiger charge is 2.08. The minimum atomic E-state index is -1.08. The van der Waals surface area contributed by atoms with Crippen molar-refractivity contribution >= 4 is 17.3 Å². The lowest BCUT2D eigenvalue weighted by Gasteiger charge is -2.15. The summed E-state index contributed by atoms with van der Waals surface area (Å²) in [6.45, 7) is 3.27. The molecule has 0 aliphatic carbocycles. The van der Waals surface area contributed by atoms with E-state index in [2.05, 4.69) is 11.9 Å². The number of hydrogen-bond donors (Lipinski definition) is 3.